The molecule has 0 bridgehead atoms. The molecule has 0 spiro atoms. The summed E-state index contributed by atoms with van der Waals surface area (Å²) in [5.41, 5.74) is 0.879. The smallest absolute Gasteiger partial charge is 0.263 e. The van der Waals surface area contributed by atoms with Gasteiger partial charge in [0.15, 0.2) is 11.5 Å². The molecular weight excluding hydrogens is 354 g/mol. The Kier molecular flexibility index (Phi) is 7.78. The minimum Gasteiger partial charge on any atom is -0.493 e. The van der Waals surface area contributed by atoms with Crippen LogP contribution in [-0.2, 0) is 4.79 Å². The van der Waals surface area contributed by atoms with Gasteiger partial charge in [-0.2, -0.15) is 0 Å². The van der Waals surface area contributed by atoms with E-state index < -0.39 is 0 Å². The minimum atomic E-state index is -0.156. The van der Waals surface area contributed by atoms with E-state index in [-0.39, 0.29) is 5.91 Å². The number of nitrogens with one attached hydrogen (secondary N) is 1. The van der Waals surface area contributed by atoms with Gasteiger partial charge in [0.1, 0.15) is 4.32 Å². The van der Waals surface area contributed by atoms with Crippen molar-refractivity contribution < 1.29 is 14.3 Å². The van der Waals surface area contributed by atoms with Crippen LogP contribution in [0, 0.1) is 5.92 Å². The first-order chi connectivity index (χ1) is 12.1. The van der Waals surface area contributed by atoms with Gasteiger partial charge in [-0.3, -0.25) is 4.79 Å². The molecule has 0 aromatic heterocycles. The molecule has 0 aliphatic carbocycles. The zero-order valence-electron chi connectivity index (χ0n) is 15.0. The second-order valence-electron chi connectivity index (χ2n) is 5.99. The van der Waals surface area contributed by atoms with E-state index in [2.05, 4.69) is 19.2 Å². The van der Waals surface area contributed by atoms with E-state index in [4.69, 9.17) is 21.7 Å². The lowest BCUT2D eigenvalue weighted by Gasteiger charge is -2.17. The summed E-state index contributed by atoms with van der Waals surface area (Å²) in [6.45, 7) is 5.10. The highest BCUT2D eigenvalue weighted by molar-refractivity contribution is 8.26. The first-order valence-corrected chi connectivity index (χ1v) is 9.85. The molecule has 1 atom stereocenters. The number of hydrogen-bond donors (Lipinski definition) is 1. The molecule has 2 rings (SSSR count). The lowest BCUT2D eigenvalue weighted by Crippen LogP contribution is -2.17. The largest absolute Gasteiger partial charge is 0.493 e. The molecule has 1 aliphatic heterocycles. The summed E-state index contributed by atoms with van der Waals surface area (Å²) in [5, 5.41) is 2.61. The molecule has 1 amide bonds. The van der Waals surface area contributed by atoms with Gasteiger partial charge in [0.05, 0.1) is 18.6 Å². The fourth-order valence-electron chi connectivity index (χ4n) is 2.57. The van der Waals surface area contributed by atoms with Gasteiger partial charge in [0, 0.05) is 0 Å². The average Bonchev–Trinajstić information content (AvgIpc) is 2.93. The maximum absolute atomic E-state index is 11.8. The van der Waals surface area contributed by atoms with Crippen LogP contribution in [-0.4, -0.2) is 23.9 Å². The molecule has 1 heterocycles. The van der Waals surface area contributed by atoms with Crippen molar-refractivity contribution >= 4 is 40.3 Å². The predicted octanol–water partition coefficient (Wildman–Crippen LogP) is 4.78. The topological polar surface area (TPSA) is 47.6 Å². The Morgan fingerprint density at radius 1 is 1.32 bits per heavy atom. The van der Waals surface area contributed by atoms with Crippen LogP contribution in [0.3, 0.4) is 0 Å². The van der Waals surface area contributed by atoms with Crippen LogP contribution < -0.4 is 14.8 Å². The molecule has 1 aromatic rings. The van der Waals surface area contributed by atoms with Crippen LogP contribution in [0.5, 0.6) is 11.5 Å². The van der Waals surface area contributed by atoms with E-state index >= 15 is 0 Å². The van der Waals surface area contributed by atoms with Gasteiger partial charge >= 0.3 is 0 Å². The maximum Gasteiger partial charge on any atom is 0.263 e. The van der Waals surface area contributed by atoms with Crippen molar-refractivity contribution in [3.63, 3.8) is 0 Å². The zero-order valence-corrected chi connectivity index (χ0v) is 16.6. The number of benzene rings is 1. The van der Waals surface area contributed by atoms with Crippen LogP contribution in [0.1, 0.15) is 45.1 Å². The van der Waals surface area contributed by atoms with Crippen molar-refractivity contribution in [3.8, 4) is 11.5 Å². The molecule has 25 heavy (non-hydrogen) atoms. The van der Waals surface area contributed by atoms with Gasteiger partial charge in [-0.1, -0.05) is 63.2 Å². The monoisotopic (exact) mass is 379 g/mol. The summed E-state index contributed by atoms with van der Waals surface area (Å²) >= 11 is 6.28. The summed E-state index contributed by atoms with van der Waals surface area (Å²) in [6, 6.07) is 5.70. The van der Waals surface area contributed by atoms with Crippen molar-refractivity contribution in [2.75, 3.05) is 13.7 Å². The van der Waals surface area contributed by atoms with Gasteiger partial charge in [0.2, 0.25) is 0 Å². The number of amides is 1. The van der Waals surface area contributed by atoms with Gasteiger partial charge in [-0.05, 0) is 36.1 Å². The van der Waals surface area contributed by atoms with E-state index in [9.17, 15) is 4.79 Å². The van der Waals surface area contributed by atoms with Crippen molar-refractivity contribution in [1.29, 1.82) is 0 Å². The van der Waals surface area contributed by atoms with E-state index in [1.165, 1.54) is 31.0 Å². The van der Waals surface area contributed by atoms with E-state index in [0.717, 1.165) is 17.7 Å². The molecule has 1 aromatic carbocycles. The fraction of sp³-hybridized carbons (Fsp3) is 0.474. The highest BCUT2D eigenvalue weighted by atomic mass is 32.2. The third-order valence-corrected chi connectivity index (χ3v) is 5.31. The standard InChI is InChI=1S/C19H25NO3S2/c1-4-6-7-13(5-2)12-23-15-9-8-14(10-16(15)22-3)11-17-18(21)20-19(24)25-17/h8-11,13H,4-7,12H2,1-3H3,(H,20,21,24). The third kappa shape index (κ3) is 5.75. The lowest BCUT2D eigenvalue weighted by atomic mass is 10.0. The summed E-state index contributed by atoms with van der Waals surface area (Å²) in [4.78, 5) is 12.4. The maximum atomic E-state index is 11.8. The van der Waals surface area contributed by atoms with Crippen LogP contribution in [0.15, 0.2) is 23.1 Å². The molecule has 1 N–H and O–H groups in total. The summed E-state index contributed by atoms with van der Waals surface area (Å²) < 4.78 is 11.9. The third-order valence-electron chi connectivity index (χ3n) is 4.15. The molecule has 1 unspecified atom stereocenters. The number of thioether (sulfide) groups is 1. The lowest BCUT2D eigenvalue weighted by molar-refractivity contribution is -0.115. The van der Waals surface area contributed by atoms with E-state index in [1.807, 2.05) is 24.3 Å². The number of carbonyl (C=O) groups is 1. The van der Waals surface area contributed by atoms with Crippen molar-refractivity contribution in [1.82, 2.24) is 5.32 Å². The van der Waals surface area contributed by atoms with Gasteiger partial charge in [-0.25, -0.2) is 0 Å². The van der Waals surface area contributed by atoms with Gasteiger partial charge < -0.3 is 14.8 Å². The fourth-order valence-corrected chi connectivity index (χ4v) is 3.62. The highest BCUT2D eigenvalue weighted by Crippen LogP contribution is 2.32. The SMILES string of the molecule is CCCCC(CC)COc1ccc(C=C2SC(=S)NC2=O)cc1OC. The van der Waals surface area contributed by atoms with Crippen LogP contribution in [0.2, 0.25) is 0 Å². The molecule has 6 heteroatoms. The number of rotatable bonds is 9. The number of methoxy groups -OCH3 is 1. The molecule has 1 fully saturated rings. The first-order valence-electron chi connectivity index (χ1n) is 8.63. The number of carbonyl (C=O) groups excluding carboxylic acids is 1. The van der Waals surface area contributed by atoms with Crippen LogP contribution >= 0.6 is 24.0 Å². The Morgan fingerprint density at radius 2 is 2.12 bits per heavy atom. The van der Waals surface area contributed by atoms with Crippen molar-refractivity contribution in [2.45, 2.75) is 39.5 Å². The second-order valence-corrected chi connectivity index (χ2v) is 7.71. The quantitative estimate of drug-likeness (QED) is 0.494. The Hall–Kier alpha value is -1.53. The predicted molar refractivity (Wildman–Crippen MR) is 108 cm³/mol. The molecule has 1 saturated heterocycles. The summed E-state index contributed by atoms with van der Waals surface area (Å²) in [6.07, 6.45) is 6.54. The minimum absolute atomic E-state index is 0.156. The molecule has 136 valence electrons. The Morgan fingerprint density at radius 3 is 2.72 bits per heavy atom. The van der Waals surface area contributed by atoms with Gasteiger partial charge in [0.25, 0.3) is 5.91 Å². The zero-order chi connectivity index (χ0) is 18.2. The average molecular weight is 380 g/mol. The van der Waals surface area contributed by atoms with Crippen LogP contribution in [0.4, 0.5) is 0 Å². The van der Waals surface area contributed by atoms with Crippen LogP contribution in [0.25, 0.3) is 6.08 Å². The van der Waals surface area contributed by atoms with Crippen molar-refractivity contribution in [2.24, 2.45) is 5.92 Å². The molecule has 4 nitrogen and oxygen atoms in total. The number of unbranched alkanes of at least 4 members (excludes halogenated alkanes) is 1. The molecular formula is C19H25NO3S2. The Labute approximate surface area is 159 Å². The molecule has 0 saturated carbocycles. The highest BCUT2D eigenvalue weighted by Gasteiger charge is 2.22. The van der Waals surface area contributed by atoms with E-state index in [0.29, 0.717) is 27.5 Å². The first kappa shape index (κ1) is 19.8. The van der Waals surface area contributed by atoms with Gasteiger partial charge in [-0.15, -0.1) is 0 Å². The van der Waals surface area contributed by atoms with Crippen molar-refractivity contribution in [3.05, 3.63) is 28.7 Å². The summed E-state index contributed by atoms with van der Waals surface area (Å²) in [5.74, 6) is 1.81. The number of hydrogen-bond acceptors (Lipinski definition) is 5. The van der Waals surface area contributed by atoms with E-state index in [1.54, 1.807) is 7.11 Å². The normalized spacial score (nSPS) is 16.8. The Balaban J connectivity index is 2.07. The number of ether oxygens (including phenoxy) is 2. The summed E-state index contributed by atoms with van der Waals surface area (Å²) in [7, 11) is 1.62. The molecule has 0 radical (unpaired) electrons. The second kappa shape index (κ2) is 9.82. The number of thiocarbonyl (C=S) groups is 1. The molecule has 1 aliphatic rings. The Bertz CT molecular complexity index is 658.